The van der Waals surface area contributed by atoms with Gasteiger partial charge in [0.2, 0.25) is 0 Å². The Hall–Kier alpha value is -3.42. The third-order valence-electron chi connectivity index (χ3n) is 6.03. The molecule has 5 rings (SSSR count). The fraction of sp³-hybridized carbons (Fsp3) is 0.280. The summed E-state index contributed by atoms with van der Waals surface area (Å²) >= 11 is 0. The number of β-amino-alcohol motifs (C(OH)–C–C–N with tert-alkyl or cyclic N) is 1. The first-order valence-electron chi connectivity index (χ1n) is 10.9. The summed E-state index contributed by atoms with van der Waals surface area (Å²) in [4.78, 5) is 19.8. The minimum absolute atomic E-state index is 0.132. The van der Waals surface area contributed by atoms with E-state index >= 15 is 0 Å². The van der Waals surface area contributed by atoms with Crippen molar-refractivity contribution in [3.05, 3.63) is 99.9 Å². The fourth-order valence-corrected chi connectivity index (χ4v) is 4.40. The van der Waals surface area contributed by atoms with Gasteiger partial charge in [0, 0.05) is 25.8 Å². The average Bonchev–Trinajstić information content (AvgIpc) is 2.82. The zero-order valence-electron chi connectivity index (χ0n) is 17.8. The van der Waals surface area contributed by atoms with Crippen LogP contribution in [0.3, 0.4) is 0 Å². The molecule has 0 saturated heterocycles. The van der Waals surface area contributed by atoms with Crippen LogP contribution in [-0.4, -0.2) is 48.9 Å². The Morgan fingerprint density at radius 2 is 1.88 bits per heavy atom. The number of hydrogen-bond acceptors (Lipinski definition) is 6. The number of fused-ring (bicyclic) bond motifs is 2. The molecule has 0 aliphatic carbocycles. The molecule has 2 aromatic heterocycles. The Kier molecular flexibility index (Phi) is 5.75. The Morgan fingerprint density at radius 1 is 1.00 bits per heavy atom. The summed E-state index contributed by atoms with van der Waals surface area (Å²) in [5, 5.41) is 19.0. The normalized spacial score (nSPS) is 14.9. The molecule has 4 aromatic rings. The van der Waals surface area contributed by atoms with E-state index in [1.54, 1.807) is 12.4 Å². The highest BCUT2D eigenvalue weighted by Crippen LogP contribution is 2.19. The molecule has 3 heterocycles. The molecule has 7 heteroatoms. The van der Waals surface area contributed by atoms with E-state index in [0.717, 1.165) is 30.6 Å². The molecule has 0 amide bonds. The van der Waals surface area contributed by atoms with E-state index in [-0.39, 0.29) is 12.1 Å². The second-order valence-corrected chi connectivity index (χ2v) is 8.39. The molecular weight excluding hydrogens is 402 g/mol. The van der Waals surface area contributed by atoms with E-state index in [1.165, 1.54) is 22.0 Å². The lowest BCUT2D eigenvalue weighted by Crippen LogP contribution is -2.39. The third-order valence-corrected chi connectivity index (χ3v) is 6.03. The number of nitrogens with zero attached hydrogens (tertiary/aromatic N) is 5. The second-order valence-electron chi connectivity index (χ2n) is 8.39. The van der Waals surface area contributed by atoms with Crippen molar-refractivity contribution in [2.75, 3.05) is 13.1 Å². The van der Waals surface area contributed by atoms with Gasteiger partial charge in [-0.2, -0.15) is 10.2 Å². The molecule has 1 atom stereocenters. The van der Waals surface area contributed by atoms with Crippen molar-refractivity contribution < 1.29 is 5.11 Å². The largest absolute Gasteiger partial charge is 0.390 e. The van der Waals surface area contributed by atoms with E-state index in [1.807, 2.05) is 24.3 Å². The van der Waals surface area contributed by atoms with Crippen LogP contribution in [0.4, 0.5) is 0 Å². The van der Waals surface area contributed by atoms with Gasteiger partial charge in [-0.1, -0.05) is 30.3 Å². The minimum atomic E-state index is -0.650. The lowest BCUT2D eigenvalue weighted by molar-refractivity contribution is 0.0908. The topological polar surface area (TPSA) is 84.1 Å². The SMILES string of the molecule is O=c1c2cc(Cc3ccnnc3)ccc2ncn1CC(O)CN1CCc2ccccc2C1. The van der Waals surface area contributed by atoms with Crippen LogP contribution in [0.15, 0.2) is 72.0 Å². The van der Waals surface area contributed by atoms with Gasteiger partial charge in [-0.3, -0.25) is 14.3 Å². The lowest BCUT2D eigenvalue weighted by atomic mass is 10.00. The molecule has 0 saturated carbocycles. The third kappa shape index (κ3) is 4.44. The number of rotatable bonds is 6. The summed E-state index contributed by atoms with van der Waals surface area (Å²) in [6.07, 6.45) is 5.91. The summed E-state index contributed by atoms with van der Waals surface area (Å²) in [6, 6.07) is 16.1. The van der Waals surface area contributed by atoms with Gasteiger partial charge in [0.05, 0.1) is 36.1 Å². The molecule has 0 spiro atoms. The molecule has 0 radical (unpaired) electrons. The minimum Gasteiger partial charge on any atom is -0.390 e. The summed E-state index contributed by atoms with van der Waals surface area (Å²) in [7, 11) is 0. The van der Waals surface area contributed by atoms with Crippen molar-refractivity contribution in [1.29, 1.82) is 0 Å². The maximum absolute atomic E-state index is 13.1. The molecule has 32 heavy (non-hydrogen) atoms. The van der Waals surface area contributed by atoms with Crippen LogP contribution in [0.25, 0.3) is 10.9 Å². The van der Waals surface area contributed by atoms with Gasteiger partial charge in [-0.05, 0) is 53.3 Å². The highest BCUT2D eigenvalue weighted by atomic mass is 16.3. The summed E-state index contributed by atoms with van der Waals surface area (Å²) in [5.41, 5.74) is 5.26. The van der Waals surface area contributed by atoms with Crippen molar-refractivity contribution >= 4 is 10.9 Å². The number of benzene rings is 2. The molecule has 0 bridgehead atoms. The predicted octanol–water partition coefficient (Wildman–Crippen LogP) is 2.20. The number of aromatic nitrogens is 4. The van der Waals surface area contributed by atoms with Gasteiger partial charge in [0.1, 0.15) is 0 Å². The first kappa shape index (κ1) is 20.5. The molecular formula is C25H25N5O2. The molecule has 2 aromatic carbocycles. The van der Waals surface area contributed by atoms with E-state index in [9.17, 15) is 9.90 Å². The Labute approximate surface area is 186 Å². The smallest absolute Gasteiger partial charge is 0.261 e. The Morgan fingerprint density at radius 3 is 2.72 bits per heavy atom. The highest BCUT2D eigenvalue weighted by Gasteiger charge is 2.19. The maximum Gasteiger partial charge on any atom is 0.261 e. The van der Waals surface area contributed by atoms with Crippen molar-refractivity contribution in [2.24, 2.45) is 0 Å². The maximum atomic E-state index is 13.1. The quantitative estimate of drug-likeness (QED) is 0.508. The number of aliphatic hydroxyl groups excluding tert-OH is 1. The lowest BCUT2D eigenvalue weighted by Gasteiger charge is -2.30. The summed E-state index contributed by atoms with van der Waals surface area (Å²) in [5.74, 6) is 0. The fourth-order valence-electron chi connectivity index (χ4n) is 4.40. The van der Waals surface area contributed by atoms with Crippen molar-refractivity contribution in [2.45, 2.75) is 32.0 Å². The predicted molar refractivity (Wildman–Crippen MR) is 122 cm³/mol. The molecule has 162 valence electrons. The van der Waals surface area contributed by atoms with E-state index < -0.39 is 6.10 Å². The molecule has 0 fully saturated rings. The van der Waals surface area contributed by atoms with Crippen LogP contribution in [0.1, 0.15) is 22.3 Å². The zero-order chi connectivity index (χ0) is 21.9. The van der Waals surface area contributed by atoms with Gasteiger partial charge in [-0.15, -0.1) is 0 Å². The number of hydrogen-bond donors (Lipinski definition) is 1. The van der Waals surface area contributed by atoms with Crippen molar-refractivity contribution in [1.82, 2.24) is 24.6 Å². The summed E-state index contributed by atoms with van der Waals surface area (Å²) in [6.45, 7) is 2.48. The standard InChI is InChI=1S/C25H25N5O2/c31-22(15-29-10-8-20-3-1-2-4-21(20)14-29)16-30-17-26-24-6-5-18(12-23(24)25(30)32)11-19-7-9-27-28-13-19/h1-7,9,12-13,17,22,31H,8,10-11,14-16H2. The van der Waals surface area contributed by atoms with Crippen LogP contribution < -0.4 is 5.56 Å². The van der Waals surface area contributed by atoms with Gasteiger partial charge in [0.15, 0.2) is 0 Å². The molecule has 1 aliphatic heterocycles. The first-order valence-corrected chi connectivity index (χ1v) is 10.9. The van der Waals surface area contributed by atoms with E-state index in [4.69, 9.17) is 0 Å². The van der Waals surface area contributed by atoms with Crippen LogP contribution in [0.2, 0.25) is 0 Å². The van der Waals surface area contributed by atoms with Crippen molar-refractivity contribution in [3.8, 4) is 0 Å². The molecule has 1 N–H and O–H groups in total. The molecule has 1 unspecified atom stereocenters. The van der Waals surface area contributed by atoms with E-state index in [2.05, 4.69) is 44.3 Å². The summed E-state index contributed by atoms with van der Waals surface area (Å²) < 4.78 is 1.52. The van der Waals surface area contributed by atoms with Crippen molar-refractivity contribution in [3.63, 3.8) is 0 Å². The Balaban J connectivity index is 1.30. The van der Waals surface area contributed by atoms with Gasteiger partial charge in [-0.25, -0.2) is 4.98 Å². The second kappa shape index (κ2) is 8.98. The van der Waals surface area contributed by atoms with Crippen LogP contribution in [-0.2, 0) is 25.9 Å². The van der Waals surface area contributed by atoms with Gasteiger partial charge < -0.3 is 5.11 Å². The molecule has 1 aliphatic rings. The molecule has 7 nitrogen and oxygen atoms in total. The van der Waals surface area contributed by atoms with Gasteiger partial charge in [0.25, 0.3) is 5.56 Å². The van der Waals surface area contributed by atoms with Crippen LogP contribution >= 0.6 is 0 Å². The van der Waals surface area contributed by atoms with Gasteiger partial charge >= 0.3 is 0 Å². The monoisotopic (exact) mass is 427 g/mol. The Bertz CT molecular complexity index is 1290. The number of aliphatic hydroxyl groups is 1. The highest BCUT2D eigenvalue weighted by molar-refractivity contribution is 5.78. The van der Waals surface area contributed by atoms with E-state index in [0.29, 0.717) is 23.9 Å². The zero-order valence-corrected chi connectivity index (χ0v) is 17.8. The first-order chi connectivity index (χ1) is 15.7. The average molecular weight is 428 g/mol. The van der Waals surface area contributed by atoms with Crippen LogP contribution in [0.5, 0.6) is 0 Å². The van der Waals surface area contributed by atoms with Crippen LogP contribution in [0, 0.1) is 0 Å².